The standard InChI is InChI=1S/C26H25ClN4O4/c1-17-12-22(8-9-23(17)27)35-21-6-4-18(5-7-21)10-11-34-26-30-24(32)20(16-31(26)2)13-19-14-28-25(33-3)29-15-19/h4-9,12,14-16H,10-11,13H2,1-3H3. The quantitative estimate of drug-likeness (QED) is 0.339. The van der Waals surface area contributed by atoms with Crippen molar-refractivity contribution in [2.75, 3.05) is 13.7 Å². The molecule has 0 aliphatic rings. The lowest BCUT2D eigenvalue weighted by Crippen LogP contribution is -2.19. The van der Waals surface area contributed by atoms with Gasteiger partial charge in [-0.1, -0.05) is 23.7 Å². The number of rotatable bonds is 9. The van der Waals surface area contributed by atoms with E-state index >= 15 is 0 Å². The van der Waals surface area contributed by atoms with Crippen LogP contribution >= 0.6 is 11.6 Å². The summed E-state index contributed by atoms with van der Waals surface area (Å²) in [7, 11) is 3.29. The van der Waals surface area contributed by atoms with Crippen LogP contribution in [0.5, 0.6) is 23.5 Å². The predicted molar refractivity (Wildman–Crippen MR) is 133 cm³/mol. The normalized spacial score (nSPS) is 10.7. The van der Waals surface area contributed by atoms with Gasteiger partial charge in [-0.25, -0.2) is 9.97 Å². The van der Waals surface area contributed by atoms with E-state index < -0.39 is 0 Å². The molecule has 9 heteroatoms. The molecular weight excluding hydrogens is 468 g/mol. The maximum absolute atomic E-state index is 12.5. The van der Waals surface area contributed by atoms with E-state index in [0.717, 1.165) is 28.2 Å². The topological polar surface area (TPSA) is 88.4 Å². The average molecular weight is 493 g/mol. The molecule has 4 aromatic rings. The summed E-state index contributed by atoms with van der Waals surface area (Å²) in [6.07, 6.45) is 6.00. The fourth-order valence-electron chi connectivity index (χ4n) is 3.40. The van der Waals surface area contributed by atoms with E-state index in [1.807, 2.05) is 49.4 Å². The molecule has 0 radical (unpaired) electrons. The molecule has 0 spiro atoms. The first-order valence-corrected chi connectivity index (χ1v) is 11.4. The SMILES string of the molecule is COc1ncc(Cc2cn(C)c(OCCc3ccc(Oc4ccc(Cl)c(C)c4)cc3)nc2=O)cn1. The molecule has 0 aliphatic carbocycles. The molecule has 0 amide bonds. The monoisotopic (exact) mass is 492 g/mol. The smallest absolute Gasteiger partial charge is 0.316 e. The minimum Gasteiger partial charge on any atom is -0.467 e. The van der Waals surface area contributed by atoms with Gasteiger partial charge < -0.3 is 18.8 Å². The first-order chi connectivity index (χ1) is 16.9. The van der Waals surface area contributed by atoms with E-state index in [9.17, 15) is 4.79 Å². The molecule has 0 saturated heterocycles. The summed E-state index contributed by atoms with van der Waals surface area (Å²) in [5.74, 6) is 1.47. The van der Waals surface area contributed by atoms with E-state index in [1.165, 1.54) is 7.11 Å². The zero-order valence-electron chi connectivity index (χ0n) is 19.7. The van der Waals surface area contributed by atoms with Crippen LogP contribution in [0.3, 0.4) is 0 Å². The van der Waals surface area contributed by atoms with Crippen LogP contribution in [0.15, 0.2) is 65.8 Å². The van der Waals surface area contributed by atoms with Crippen molar-refractivity contribution >= 4 is 11.6 Å². The van der Waals surface area contributed by atoms with Crippen LogP contribution in [0.25, 0.3) is 0 Å². The largest absolute Gasteiger partial charge is 0.467 e. The van der Waals surface area contributed by atoms with E-state index in [1.54, 1.807) is 30.2 Å². The molecule has 0 unspecified atom stereocenters. The lowest BCUT2D eigenvalue weighted by atomic mass is 10.1. The number of hydrogen-bond acceptors (Lipinski definition) is 7. The second-order valence-electron chi connectivity index (χ2n) is 7.98. The van der Waals surface area contributed by atoms with Gasteiger partial charge in [0.2, 0.25) is 0 Å². The van der Waals surface area contributed by atoms with Gasteiger partial charge in [-0.05, 0) is 53.9 Å². The van der Waals surface area contributed by atoms with Crippen LogP contribution in [-0.2, 0) is 19.9 Å². The highest BCUT2D eigenvalue weighted by molar-refractivity contribution is 6.31. The fraction of sp³-hybridized carbons (Fsp3) is 0.231. The van der Waals surface area contributed by atoms with Gasteiger partial charge in [0.15, 0.2) is 0 Å². The number of aryl methyl sites for hydroxylation is 2. The van der Waals surface area contributed by atoms with E-state index in [2.05, 4.69) is 15.0 Å². The molecule has 180 valence electrons. The first kappa shape index (κ1) is 24.2. The number of hydrogen-bond donors (Lipinski definition) is 0. The van der Waals surface area contributed by atoms with Gasteiger partial charge in [-0.2, -0.15) is 4.98 Å². The molecule has 2 aromatic heterocycles. The van der Waals surface area contributed by atoms with Crippen molar-refractivity contribution in [1.82, 2.24) is 19.5 Å². The van der Waals surface area contributed by atoms with Crippen molar-refractivity contribution in [3.05, 3.63) is 98.7 Å². The van der Waals surface area contributed by atoms with Crippen molar-refractivity contribution in [2.45, 2.75) is 19.8 Å². The minimum atomic E-state index is -0.340. The summed E-state index contributed by atoms with van der Waals surface area (Å²) >= 11 is 6.07. The fourth-order valence-corrected chi connectivity index (χ4v) is 3.52. The molecule has 35 heavy (non-hydrogen) atoms. The highest BCUT2D eigenvalue weighted by atomic mass is 35.5. The third-order valence-corrected chi connectivity index (χ3v) is 5.72. The molecule has 0 saturated carbocycles. The number of nitrogens with zero attached hydrogens (tertiary/aromatic N) is 4. The summed E-state index contributed by atoms with van der Waals surface area (Å²) in [6, 6.07) is 13.9. The Morgan fingerprint density at radius 1 is 1.00 bits per heavy atom. The van der Waals surface area contributed by atoms with Gasteiger partial charge >= 0.3 is 6.01 Å². The Morgan fingerprint density at radius 3 is 2.40 bits per heavy atom. The lowest BCUT2D eigenvalue weighted by Gasteiger charge is -2.11. The zero-order valence-corrected chi connectivity index (χ0v) is 20.5. The summed E-state index contributed by atoms with van der Waals surface area (Å²) in [6.45, 7) is 2.31. The van der Waals surface area contributed by atoms with Gasteiger partial charge in [0.25, 0.3) is 11.6 Å². The van der Waals surface area contributed by atoms with Gasteiger partial charge in [0, 0.05) is 49.1 Å². The number of methoxy groups -OCH3 is 1. The molecule has 0 N–H and O–H groups in total. The Morgan fingerprint density at radius 2 is 1.71 bits per heavy atom. The van der Waals surface area contributed by atoms with Crippen LogP contribution in [0, 0.1) is 6.92 Å². The number of benzene rings is 2. The molecule has 0 fully saturated rings. The van der Waals surface area contributed by atoms with Crippen LogP contribution in [-0.4, -0.2) is 33.2 Å². The van der Waals surface area contributed by atoms with Gasteiger partial charge in [-0.3, -0.25) is 4.79 Å². The van der Waals surface area contributed by atoms with Crippen LogP contribution in [0.4, 0.5) is 0 Å². The minimum absolute atomic E-state index is 0.266. The Kier molecular flexibility index (Phi) is 7.62. The maximum Gasteiger partial charge on any atom is 0.316 e. The molecule has 2 heterocycles. The third-order valence-electron chi connectivity index (χ3n) is 5.29. The van der Waals surface area contributed by atoms with Crippen molar-refractivity contribution in [1.29, 1.82) is 0 Å². The highest BCUT2D eigenvalue weighted by Gasteiger charge is 2.10. The van der Waals surface area contributed by atoms with E-state index in [4.69, 9.17) is 25.8 Å². The van der Waals surface area contributed by atoms with Crippen molar-refractivity contribution in [3.63, 3.8) is 0 Å². The number of ether oxygens (including phenoxy) is 3. The van der Waals surface area contributed by atoms with Crippen molar-refractivity contribution in [3.8, 4) is 23.5 Å². The Labute approximate surface area is 208 Å². The molecule has 4 rings (SSSR count). The van der Waals surface area contributed by atoms with Gasteiger partial charge in [-0.15, -0.1) is 0 Å². The van der Waals surface area contributed by atoms with Gasteiger partial charge in [0.05, 0.1) is 13.7 Å². The number of halogens is 1. The van der Waals surface area contributed by atoms with E-state index in [-0.39, 0.29) is 17.6 Å². The van der Waals surface area contributed by atoms with Crippen LogP contribution in [0.1, 0.15) is 22.3 Å². The lowest BCUT2D eigenvalue weighted by molar-refractivity contribution is 0.281. The summed E-state index contributed by atoms with van der Waals surface area (Å²) in [5.41, 5.74) is 3.01. The summed E-state index contributed by atoms with van der Waals surface area (Å²) < 4.78 is 18.3. The number of aromatic nitrogens is 4. The van der Waals surface area contributed by atoms with Crippen LogP contribution < -0.4 is 19.8 Å². The molecule has 0 atom stereocenters. The Bertz CT molecular complexity index is 1360. The first-order valence-electron chi connectivity index (χ1n) is 11.0. The molecule has 0 aliphatic heterocycles. The Hall–Kier alpha value is -3.91. The average Bonchev–Trinajstić information content (AvgIpc) is 2.86. The molecular formula is C26H25ClN4O4. The second-order valence-corrected chi connectivity index (χ2v) is 8.38. The summed E-state index contributed by atoms with van der Waals surface area (Å²) in [5, 5.41) is 0.709. The summed E-state index contributed by atoms with van der Waals surface area (Å²) in [4.78, 5) is 24.7. The predicted octanol–water partition coefficient (Wildman–Crippen LogP) is 4.55. The molecule has 8 nitrogen and oxygen atoms in total. The van der Waals surface area contributed by atoms with Gasteiger partial charge in [0.1, 0.15) is 11.5 Å². The molecule has 2 aromatic carbocycles. The Balaban J connectivity index is 1.32. The van der Waals surface area contributed by atoms with Crippen molar-refractivity contribution < 1.29 is 14.2 Å². The molecule has 0 bridgehead atoms. The maximum atomic E-state index is 12.5. The van der Waals surface area contributed by atoms with E-state index in [0.29, 0.717) is 30.0 Å². The second kappa shape index (κ2) is 11.0. The van der Waals surface area contributed by atoms with Crippen LogP contribution in [0.2, 0.25) is 5.02 Å². The highest BCUT2D eigenvalue weighted by Crippen LogP contribution is 2.26. The zero-order chi connectivity index (χ0) is 24.8. The third kappa shape index (κ3) is 6.36. The van der Waals surface area contributed by atoms with Crippen molar-refractivity contribution in [2.24, 2.45) is 7.05 Å².